The van der Waals surface area contributed by atoms with Crippen LogP contribution in [0.2, 0.25) is 0 Å². The molecule has 0 aliphatic carbocycles. The molecular formula is C28H22N6O2S. The van der Waals surface area contributed by atoms with Crippen molar-refractivity contribution in [1.29, 1.82) is 0 Å². The maximum absolute atomic E-state index is 12.9. The molecule has 3 aromatic carbocycles. The van der Waals surface area contributed by atoms with Crippen molar-refractivity contribution < 1.29 is 9.59 Å². The number of H-pyrrole nitrogens is 1. The monoisotopic (exact) mass is 506 g/mol. The molecule has 0 atom stereocenters. The van der Waals surface area contributed by atoms with Crippen LogP contribution < -0.4 is 15.5 Å². The van der Waals surface area contributed by atoms with Crippen molar-refractivity contribution in [2.45, 2.75) is 11.4 Å². The third-order valence-electron chi connectivity index (χ3n) is 6.17. The molecule has 182 valence electrons. The summed E-state index contributed by atoms with van der Waals surface area (Å²) in [5, 5.41) is 6.72. The third-order valence-corrected chi connectivity index (χ3v) is 7.21. The van der Waals surface area contributed by atoms with E-state index in [1.54, 1.807) is 23.5 Å². The van der Waals surface area contributed by atoms with Gasteiger partial charge in [-0.2, -0.15) is 0 Å². The average molecular weight is 507 g/mol. The van der Waals surface area contributed by atoms with Gasteiger partial charge in [-0.15, -0.1) is 11.8 Å². The molecule has 1 aliphatic rings. The summed E-state index contributed by atoms with van der Waals surface area (Å²) in [5.41, 5.74) is 5.84. The fourth-order valence-electron chi connectivity index (χ4n) is 4.36. The van der Waals surface area contributed by atoms with E-state index < -0.39 is 0 Å². The van der Waals surface area contributed by atoms with Crippen LogP contribution in [0.4, 0.5) is 21.9 Å². The second-order valence-corrected chi connectivity index (χ2v) is 9.62. The summed E-state index contributed by atoms with van der Waals surface area (Å²) in [5.74, 6) is 0.437. The lowest BCUT2D eigenvalue weighted by molar-refractivity contribution is -0.116. The Labute approximate surface area is 217 Å². The van der Waals surface area contributed by atoms with Gasteiger partial charge in [-0.3, -0.25) is 4.79 Å². The van der Waals surface area contributed by atoms with Crippen molar-refractivity contribution in [1.82, 2.24) is 15.0 Å². The van der Waals surface area contributed by atoms with Gasteiger partial charge in [0.05, 0.1) is 23.7 Å². The second-order valence-electron chi connectivity index (χ2n) is 8.61. The van der Waals surface area contributed by atoms with Crippen molar-refractivity contribution in [3.8, 4) is 11.1 Å². The molecule has 0 spiro atoms. The maximum Gasteiger partial charge on any atom is 0.323 e. The van der Waals surface area contributed by atoms with Gasteiger partial charge in [0.1, 0.15) is 6.33 Å². The fourth-order valence-corrected chi connectivity index (χ4v) is 5.27. The van der Waals surface area contributed by atoms with E-state index in [0.29, 0.717) is 23.7 Å². The topological polar surface area (TPSA) is 103 Å². The minimum absolute atomic E-state index is 0.0429. The van der Waals surface area contributed by atoms with Gasteiger partial charge in [0, 0.05) is 45.6 Å². The highest BCUT2D eigenvalue weighted by atomic mass is 32.2. The lowest BCUT2D eigenvalue weighted by Gasteiger charge is -2.29. The summed E-state index contributed by atoms with van der Waals surface area (Å²) in [6.07, 6.45) is 6.76. The smallest absolute Gasteiger partial charge is 0.323 e. The zero-order valence-electron chi connectivity index (χ0n) is 19.6. The van der Waals surface area contributed by atoms with Crippen LogP contribution in [-0.2, 0) is 11.3 Å². The van der Waals surface area contributed by atoms with Gasteiger partial charge in [-0.25, -0.2) is 14.8 Å². The van der Waals surface area contributed by atoms with Crippen LogP contribution in [0.3, 0.4) is 0 Å². The number of benzene rings is 3. The Bertz CT molecular complexity index is 1600. The Hall–Kier alpha value is -4.63. The van der Waals surface area contributed by atoms with Crippen molar-refractivity contribution in [3.05, 3.63) is 97.2 Å². The minimum Gasteiger partial charge on any atom is -0.359 e. The molecule has 5 aromatic rings. The second kappa shape index (κ2) is 9.79. The van der Waals surface area contributed by atoms with Crippen molar-refractivity contribution >= 4 is 51.7 Å². The van der Waals surface area contributed by atoms with Gasteiger partial charge in [0.15, 0.2) is 0 Å². The predicted octanol–water partition coefficient (Wildman–Crippen LogP) is 5.91. The number of hydrogen-bond acceptors (Lipinski definition) is 5. The maximum atomic E-state index is 12.9. The van der Waals surface area contributed by atoms with E-state index in [4.69, 9.17) is 0 Å². The van der Waals surface area contributed by atoms with Crippen LogP contribution in [-0.4, -0.2) is 32.6 Å². The zero-order valence-corrected chi connectivity index (χ0v) is 20.5. The molecule has 9 heteroatoms. The molecule has 37 heavy (non-hydrogen) atoms. The molecule has 0 fully saturated rings. The number of rotatable bonds is 5. The van der Waals surface area contributed by atoms with Gasteiger partial charge in [0.2, 0.25) is 5.91 Å². The summed E-state index contributed by atoms with van der Waals surface area (Å²) >= 11 is 1.51. The highest BCUT2D eigenvalue weighted by Gasteiger charge is 2.25. The number of carbonyl (C=O) groups is 2. The summed E-state index contributed by atoms with van der Waals surface area (Å²) in [6.45, 7) is 0.479. The molecule has 0 saturated heterocycles. The molecule has 0 saturated carbocycles. The first kappa shape index (κ1) is 22.8. The molecule has 3 amide bonds. The van der Waals surface area contributed by atoms with Crippen LogP contribution in [0.25, 0.3) is 22.0 Å². The number of aromatic amines is 1. The highest BCUT2D eigenvalue weighted by Crippen LogP contribution is 2.38. The number of fused-ring (bicyclic) bond motifs is 2. The van der Waals surface area contributed by atoms with Crippen molar-refractivity contribution in [3.63, 3.8) is 0 Å². The molecule has 3 N–H and O–H groups in total. The van der Waals surface area contributed by atoms with E-state index in [9.17, 15) is 9.59 Å². The van der Waals surface area contributed by atoms with Crippen molar-refractivity contribution in [2.24, 2.45) is 0 Å². The van der Waals surface area contributed by atoms with Crippen LogP contribution >= 0.6 is 11.8 Å². The first-order chi connectivity index (χ1) is 18.1. The number of anilines is 3. The lowest BCUT2D eigenvalue weighted by Crippen LogP contribution is -2.34. The molecule has 8 nitrogen and oxygen atoms in total. The van der Waals surface area contributed by atoms with Crippen molar-refractivity contribution in [2.75, 3.05) is 21.3 Å². The van der Waals surface area contributed by atoms with E-state index in [0.717, 1.165) is 38.2 Å². The van der Waals surface area contributed by atoms with Gasteiger partial charge in [0.25, 0.3) is 0 Å². The molecule has 0 unspecified atom stereocenters. The SMILES string of the molecule is O=C(Nc1ccc2c(c1)N(Cc1ccccc1)C(=O)CS2)Nc1c[nH]c2ccc(-c3cncnc3)cc12. The standard InChI is InChI=1S/C28H22N6O2S/c35-27-16-37-26-9-7-21(11-25(26)34(27)15-18-4-2-1-3-5-18)32-28(36)33-24-14-31-23-8-6-19(10-22(23)24)20-12-29-17-30-13-20/h1-14,17,31H,15-16H2,(H2,32,33,36). The molecular weight excluding hydrogens is 484 g/mol. The molecule has 0 radical (unpaired) electrons. The molecule has 1 aliphatic heterocycles. The Kier molecular flexibility index (Phi) is 6.03. The normalized spacial score (nSPS) is 12.9. The number of thioether (sulfide) groups is 1. The van der Waals surface area contributed by atoms with Crippen LogP contribution in [0.15, 0.2) is 96.5 Å². The summed E-state index contributed by atoms with van der Waals surface area (Å²) in [6, 6.07) is 21.1. The Morgan fingerprint density at radius 3 is 2.65 bits per heavy atom. The molecule has 3 heterocycles. The Balaban J connectivity index is 1.22. The largest absolute Gasteiger partial charge is 0.359 e. The van der Waals surface area contributed by atoms with Crippen LogP contribution in [0, 0.1) is 0 Å². The van der Waals surface area contributed by atoms with E-state index in [1.807, 2.05) is 66.7 Å². The minimum atomic E-state index is -0.376. The molecule has 2 aromatic heterocycles. The number of urea groups is 1. The third kappa shape index (κ3) is 4.76. The average Bonchev–Trinajstić information content (AvgIpc) is 3.33. The van der Waals surface area contributed by atoms with Crippen LogP contribution in [0.5, 0.6) is 0 Å². The van der Waals surface area contributed by atoms with E-state index in [1.165, 1.54) is 18.1 Å². The first-order valence-electron chi connectivity index (χ1n) is 11.7. The number of nitrogens with zero attached hydrogens (tertiary/aromatic N) is 3. The lowest BCUT2D eigenvalue weighted by atomic mass is 10.1. The number of amides is 3. The molecule has 6 rings (SSSR count). The summed E-state index contributed by atoms with van der Waals surface area (Å²) in [4.78, 5) is 39.8. The Morgan fingerprint density at radius 2 is 1.81 bits per heavy atom. The first-order valence-corrected chi connectivity index (χ1v) is 12.7. The van der Waals surface area contributed by atoms with Gasteiger partial charge in [-0.1, -0.05) is 36.4 Å². The quantitative estimate of drug-likeness (QED) is 0.275. The van der Waals surface area contributed by atoms with E-state index >= 15 is 0 Å². The zero-order chi connectivity index (χ0) is 25.2. The number of aromatic nitrogens is 3. The van der Waals surface area contributed by atoms with Gasteiger partial charge in [-0.05, 0) is 41.5 Å². The highest BCUT2D eigenvalue weighted by molar-refractivity contribution is 8.00. The number of nitrogens with one attached hydrogen (secondary N) is 3. The van der Waals surface area contributed by atoms with Crippen LogP contribution in [0.1, 0.15) is 5.56 Å². The fraction of sp³-hybridized carbons (Fsp3) is 0.0714. The van der Waals surface area contributed by atoms with E-state index in [-0.39, 0.29) is 11.9 Å². The summed E-state index contributed by atoms with van der Waals surface area (Å²) in [7, 11) is 0. The Morgan fingerprint density at radius 1 is 0.973 bits per heavy atom. The molecule has 0 bridgehead atoms. The van der Waals surface area contributed by atoms with E-state index in [2.05, 4.69) is 25.6 Å². The van der Waals surface area contributed by atoms with Gasteiger partial charge >= 0.3 is 6.03 Å². The summed E-state index contributed by atoms with van der Waals surface area (Å²) < 4.78 is 0. The number of carbonyl (C=O) groups excluding carboxylic acids is 2. The predicted molar refractivity (Wildman–Crippen MR) is 147 cm³/mol. The van der Waals surface area contributed by atoms with Gasteiger partial charge < -0.3 is 20.5 Å². The number of hydrogen-bond donors (Lipinski definition) is 3.